The van der Waals surface area contributed by atoms with Crippen LogP contribution < -0.4 is 10.6 Å². The average molecular weight is 421 g/mol. The van der Waals surface area contributed by atoms with E-state index in [4.69, 9.17) is 0 Å². The second-order valence-corrected chi connectivity index (χ2v) is 10.00. The van der Waals surface area contributed by atoms with Crippen molar-refractivity contribution >= 4 is 34.8 Å². The molecule has 4 bridgehead atoms. The molecule has 0 spiro atoms. The van der Waals surface area contributed by atoms with Crippen molar-refractivity contribution in [1.29, 1.82) is 0 Å². The van der Waals surface area contributed by atoms with E-state index in [9.17, 15) is 4.79 Å². The number of nitrogens with one attached hydrogen (secondary N) is 3. The summed E-state index contributed by atoms with van der Waals surface area (Å²) < 4.78 is 0. The van der Waals surface area contributed by atoms with E-state index in [-0.39, 0.29) is 23.7 Å². The third kappa shape index (κ3) is 2.88. The Balaban J connectivity index is 0.00000171. The molecule has 3 N–H and O–H groups in total. The first kappa shape index (κ1) is 18.5. The van der Waals surface area contributed by atoms with Crippen molar-refractivity contribution in [3.8, 4) is 0 Å². The van der Waals surface area contributed by atoms with Gasteiger partial charge in [0, 0.05) is 36.2 Å². The number of carbonyl (C=O) groups excluding carboxylic acids is 1. The molecule has 2 aromatic rings. The lowest BCUT2D eigenvalue weighted by Gasteiger charge is -2.55. The lowest BCUT2D eigenvalue weighted by atomic mass is 9.50. The molecule has 0 aromatic carbocycles. The van der Waals surface area contributed by atoms with Crippen molar-refractivity contribution in [2.24, 2.45) is 17.8 Å². The fourth-order valence-corrected chi connectivity index (χ4v) is 7.39. The molecule has 150 valence electrons. The van der Waals surface area contributed by atoms with Crippen molar-refractivity contribution in [2.75, 3.05) is 11.9 Å². The van der Waals surface area contributed by atoms with E-state index in [0.29, 0.717) is 17.4 Å². The van der Waals surface area contributed by atoms with Crippen LogP contribution in [0.5, 0.6) is 0 Å². The first-order chi connectivity index (χ1) is 13.2. The van der Waals surface area contributed by atoms with Gasteiger partial charge in [-0.25, -0.2) is 0 Å². The van der Waals surface area contributed by atoms with Gasteiger partial charge in [-0.3, -0.25) is 15.2 Å². The van der Waals surface area contributed by atoms with Gasteiger partial charge in [0.15, 0.2) is 5.69 Å². The van der Waals surface area contributed by atoms with Crippen molar-refractivity contribution < 1.29 is 4.79 Å². The second kappa shape index (κ2) is 6.78. The van der Waals surface area contributed by atoms with Gasteiger partial charge in [-0.1, -0.05) is 11.3 Å². The largest absolute Gasteiger partial charge is 0.312 e. The number of rotatable bonds is 3. The van der Waals surface area contributed by atoms with Crippen LogP contribution >= 0.6 is 23.7 Å². The highest BCUT2D eigenvalue weighted by Crippen LogP contribution is 2.61. The van der Waals surface area contributed by atoms with Gasteiger partial charge in [0.1, 0.15) is 5.01 Å². The van der Waals surface area contributed by atoms with E-state index < -0.39 is 0 Å². The number of hydrogen-bond donors (Lipinski definition) is 3. The van der Waals surface area contributed by atoms with E-state index in [1.54, 1.807) is 11.3 Å². The average Bonchev–Trinajstić information content (AvgIpc) is 3.27. The maximum atomic E-state index is 12.7. The van der Waals surface area contributed by atoms with Crippen LogP contribution in [0.15, 0.2) is 0 Å². The lowest BCUT2D eigenvalue weighted by Crippen LogP contribution is -2.48. The van der Waals surface area contributed by atoms with Gasteiger partial charge in [-0.05, 0) is 56.3 Å². The van der Waals surface area contributed by atoms with E-state index in [1.165, 1.54) is 38.5 Å². The van der Waals surface area contributed by atoms with Gasteiger partial charge in [0.05, 0.1) is 0 Å². The number of anilines is 1. The van der Waals surface area contributed by atoms with Crippen LogP contribution in [0.1, 0.15) is 65.3 Å². The molecular formula is C19H25ClN6OS. The lowest BCUT2D eigenvalue weighted by molar-refractivity contribution is -0.00555. The molecule has 7 nitrogen and oxygen atoms in total. The number of amides is 1. The summed E-state index contributed by atoms with van der Waals surface area (Å²) in [5.41, 5.74) is 2.74. The Morgan fingerprint density at radius 2 is 1.82 bits per heavy atom. The third-order valence-electron chi connectivity index (χ3n) is 7.16. The number of nitrogens with zero attached hydrogens (tertiary/aromatic N) is 3. The van der Waals surface area contributed by atoms with Crippen LogP contribution in [0, 0.1) is 17.8 Å². The predicted octanol–water partition coefficient (Wildman–Crippen LogP) is 3.05. The molecule has 9 heteroatoms. The smallest absolute Gasteiger partial charge is 0.278 e. The Morgan fingerprint density at radius 1 is 1.11 bits per heavy atom. The molecular weight excluding hydrogens is 396 g/mol. The topological polar surface area (TPSA) is 95.6 Å². The van der Waals surface area contributed by atoms with Crippen LogP contribution in [0.25, 0.3) is 0 Å². The number of aromatic amines is 1. The van der Waals surface area contributed by atoms with Crippen LogP contribution in [-0.2, 0) is 18.4 Å². The zero-order valence-corrected chi connectivity index (χ0v) is 17.3. The summed E-state index contributed by atoms with van der Waals surface area (Å²) in [5.74, 6) is 2.44. The molecule has 5 aliphatic rings. The molecule has 7 rings (SSSR count). The summed E-state index contributed by atoms with van der Waals surface area (Å²) >= 11 is 1.58. The Morgan fingerprint density at radius 3 is 2.54 bits per heavy atom. The van der Waals surface area contributed by atoms with Gasteiger partial charge in [0.25, 0.3) is 5.91 Å². The zero-order chi connectivity index (χ0) is 18.0. The van der Waals surface area contributed by atoms with Gasteiger partial charge < -0.3 is 5.32 Å². The summed E-state index contributed by atoms with van der Waals surface area (Å²) in [6.45, 7) is 1.60. The van der Waals surface area contributed by atoms with Gasteiger partial charge in [-0.15, -0.1) is 22.6 Å². The molecule has 28 heavy (non-hydrogen) atoms. The normalized spacial score (nSPS) is 32.6. The summed E-state index contributed by atoms with van der Waals surface area (Å²) in [5, 5.41) is 24.1. The van der Waals surface area contributed by atoms with Crippen LogP contribution in [0.4, 0.5) is 5.13 Å². The fraction of sp³-hybridized carbons (Fsp3) is 0.684. The number of carbonyl (C=O) groups is 1. The highest BCUT2D eigenvalue weighted by molar-refractivity contribution is 7.15. The third-order valence-corrected chi connectivity index (χ3v) is 8.24. The van der Waals surface area contributed by atoms with Crippen LogP contribution in [0.2, 0.25) is 0 Å². The molecule has 4 saturated carbocycles. The Bertz CT molecular complexity index is 873. The molecule has 0 unspecified atom stereocenters. The molecule has 0 atom stereocenters. The Hall–Kier alpha value is -1.51. The summed E-state index contributed by atoms with van der Waals surface area (Å²) in [4.78, 5) is 12.7. The minimum Gasteiger partial charge on any atom is -0.312 e. The Labute approximate surface area is 173 Å². The van der Waals surface area contributed by atoms with Gasteiger partial charge in [-0.2, -0.15) is 5.10 Å². The standard InChI is InChI=1S/C19H24N6OS.ClH/c26-16(15-13-9-20-2-1-14(13)22-23-15)21-18-25-24-17(27-18)19-6-10-3-11(7-19)5-12(4-10)8-19;/h10-12,20H,1-9H2,(H,22,23)(H,21,25,26);1H. The molecule has 0 saturated heterocycles. The summed E-state index contributed by atoms with van der Waals surface area (Å²) in [6.07, 6.45) is 8.92. The Kier molecular flexibility index (Phi) is 4.48. The number of halogens is 1. The highest BCUT2D eigenvalue weighted by Gasteiger charge is 2.53. The number of H-pyrrole nitrogens is 1. The molecule has 4 aliphatic carbocycles. The van der Waals surface area contributed by atoms with E-state index >= 15 is 0 Å². The van der Waals surface area contributed by atoms with E-state index in [1.807, 2.05) is 0 Å². The summed E-state index contributed by atoms with van der Waals surface area (Å²) in [6, 6.07) is 0. The number of hydrogen-bond acceptors (Lipinski definition) is 6. The maximum absolute atomic E-state index is 12.7. The predicted molar refractivity (Wildman–Crippen MR) is 109 cm³/mol. The highest BCUT2D eigenvalue weighted by atomic mass is 35.5. The minimum atomic E-state index is -0.190. The van der Waals surface area contributed by atoms with E-state index in [2.05, 4.69) is 31.0 Å². The van der Waals surface area contributed by atoms with Crippen LogP contribution in [0.3, 0.4) is 0 Å². The molecule has 4 fully saturated rings. The maximum Gasteiger partial charge on any atom is 0.278 e. The SMILES string of the molecule is Cl.O=C(Nc1nnc(C23CC4CC(CC(C4)C2)C3)s1)c1n[nH]c2c1CNCC2. The first-order valence-electron chi connectivity index (χ1n) is 10.1. The number of fused-ring (bicyclic) bond motifs is 1. The second-order valence-electron chi connectivity index (χ2n) is 9.02. The van der Waals surface area contributed by atoms with E-state index in [0.717, 1.165) is 47.0 Å². The van der Waals surface area contributed by atoms with Crippen LogP contribution in [-0.4, -0.2) is 32.8 Å². The molecule has 0 radical (unpaired) electrons. The molecule has 3 heterocycles. The molecule has 1 amide bonds. The zero-order valence-electron chi connectivity index (χ0n) is 15.7. The molecule has 2 aromatic heterocycles. The minimum absolute atomic E-state index is 0. The van der Waals surface area contributed by atoms with Gasteiger partial charge in [0.2, 0.25) is 5.13 Å². The van der Waals surface area contributed by atoms with Crippen molar-refractivity contribution in [2.45, 2.75) is 56.9 Å². The summed E-state index contributed by atoms with van der Waals surface area (Å²) in [7, 11) is 0. The van der Waals surface area contributed by atoms with Crippen molar-refractivity contribution in [3.63, 3.8) is 0 Å². The van der Waals surface area contributed by atoms with Crippen molar-refractivity contribution in [1.82, 2.24) is 25.7 Å². The monoisotopic (exact) mass is 420 g/mol. The first-order valence-corrected chi connectivity index (χ1v) is 10.9. The van der Waals surface area contributed by atoms with Crippen molar-refractivity contribution in [3.05, 3.63) is 22.0 Å². The van der Waals surface area contributed by atoms with Gasteiger partial charge >= 0.3 is 0 Å². The fourth-order valence-electron chi connectivity index (χ4n) is 6.43. The quantitative estimate of drug-likeness (QED) is 0.709. The molecule has 1 aliphatic heterocycles. The number of aromatic nitrogens is 4.